The van der Waals surface area contributed by atoms with Gasteiger partial charge in [-0.2, -0.15) is 0 Å². The molecule has 0 spiro atoms. The second-order valence-corrected chi connectivity index (χ2v) is 18.5. The van der Waals surface area contributed by atoms with Gasteiger partial charge in [-0.25, -0.2) is 0 Å². The van der Waals surface area contributed by atoms with Crippen molar-refractivity contribution in [3.8, 4) is 0 Å². The molecule has 0 rings (SSSR count). The molecule has 0 bridgehead atoms. The van der Waals surface area contributed by atoms with Gasteiger partial charge < -0.3 is 99.7 Å². The summed E-state index contributed by atoms with van der Waals surface area (Å²) < 4.78 is 0. The van der Waals surface area contributed by atoms with Gasteiger partial charge in [-0.3, -0.25) is 63.1 Å². The summed E-state index contributed by atoms with van der Waals surface area (Å²) in [6.45, 7) is 4.36. The highest BCUT2D eigenvalue weighted by Gasteiger charge is 2.33. The average Bonchev–Trinajstić information content (AvgIpc) is 3.29. The Morgan fingerprint density at radius 2 is 0.778 bits per heavy atom. The molecule has 0 aliphatic heterocycles. The number of primary amides is 1. The molecular formula is C39H75N21O10S2. The lowest BCUT2D eigenvalue weighted by molar-refractivity contribution is -0.138. The van der Waals surface area contributed by atoms with E-state index in [4.69, 9.17) is 62.4 Å². The number of hydrogen-bond donors (Lipinski definition) is 18. The van der Waals surface area contributed by atoms with E-state index >= 15 is 0 Å². The number of amides is 8. The summed E-state index contributed by atoms with van der Waals surface area (Å²) in [7, 11) is 2.11. The molecule has 0 aromatic carbocycles. The molecule has 28 N–H and O–H groups in total. The molecule has 8 atom stereocenters. The van der Waals surface area contributed by atoms with Crippen LogP contribution in [0.2, 0.25) is 0 Å². The van der Waals surface area contributed by atoms with E-state index in [1.807, 2.05) is 0 Å². The monoisotopic (exact) mass is 1060 g/mol. The third kappa shape index (κ3) is 29.9. The van der Waals surface area contributed by atoms with Gasteiger partial charge in [0.05, 0.1) is 0 Å². The van der Waals surface area contributed by atoms with Crippen molar-refractivity contribution in [1.82, 2.24) is 37.2 Å². The van der Waals surface area contributed by atoms with Crippen molar-refractivity contribution in [2.24, 2.45) is 77.3 Å². The van der Waals surface area contributed by atoms with Crippen LogP contribution in [-0.4, -0.2) is 168 Å². The zero-order valence-corrected chi connectivity index (χ0v) is 42.4. The van der Waals surface area contributed by atoms with Gasteiger partial charge in [0.2, 0.25) is 47.3 Å². The van der Waals surface area contributed by atoms with E-state index in [1.54, 1.807) is 6.92 Å². The Kier molecular flexibility index (Phi) is 32.5. The van der Waals surface area contributed by atoms with Gasteiger partial charge in [-0.05, 0) is 64.7 Å². The number of nitrogens with zero attached hydrogens (tertiary/aromatic N) is 4. The smallest absolute Gasteiger partial charge is 0.321 e. The third-order valence-electron chi connectivity index (χ3n) is 9.71. The van der Waals surface area contributed by atoms with E-state index in [2.05, 4.69) is 57.2 Å². The number of carboxylic acids is 1. The van der Waals surface area contributed by atoms with E-state index in [1.165, 1.54) is 13.8 Å². The predicted octanol–water partition coefficient (Wildman–Crippen LogP) is -7.68. The maximum atomic E-state index is 14.1. The van der Waals surface area contributed by atoms with E-state index in [-0.39, 0.29) is 119 Å². The Morgan fingerprint density at radius 3 is 1.12 bits per heavy atom. The number of nitrogens with two attached hydrogens (primary N) is 10. The molecule has 0 heterocycles. The average molecular weight is 1060 g/mol. The highest BCUT2D eigenvalue weighted by Crippen LogP contribution is 2.23. The van der Waals surface area contributed by atoms with Crippen molar-refractivity contribution >= 4 is 98.7 Å². The summed E-state index contributed by atoms with van der Waals surface area (Å²) in [5.41, 5.74) is 54.4. The first-order chi connectivity index (χ1) is 33.8. The van der Waals surface area contributed by atoms with Crippen LogP contribution in [0.15, 0.2) is 20.0 Å². The summed E-state index contributed by atoms with van der Waals surface area (Å²) in [5.74, 6) is -8.51. The minimum atomic E-state index is -1.38. The topological polar surface area (TPSA) is 568 Å². The van der Waals surface area contributed by atoms with Crippen LogP contribution in [0.5, 0.6) is 0 Å². The molecule has 72 heavy (non-hydrogen) atoms. The molecule has 408 valence electrons. The fourth-order valence-electron chi connectivity index (χ4n) is 5.96. The van der Waals surface area contributed by atoms with Crippen LogP contribution in [0, 0.1) is 0 Å². The normalized spacial score (nSPS) is 14.0. The number of carbonyl (C=O) groups excluding carboxylic acids is 8. The Morgan fingerprint density at radius 1 is 0.458 bits per heavy atom. The van der Waals surface area contributed by atoms with E-state index in [0.29, 0.717) is 0 Å². The predicted molar refractivity (Wildman–Crippen MR) is 275 cm³/mol. The van der Waals surface area contributed by atoms with Crippen LogP contribution >= 0.6 is 21.6 Å². The minimum Gasteiger partial charge on any atom is -0.480 e. The van der Waals surface area contributed by atoms with E-state index < -0.39 is 102 Å². The molecule has 0 saturated carbocycles. The quantitative estimate of drug-likeness (QED) is 0.0119. The molecule has 0 radical (unpaired) electrons. The molecule has 0 unspecified atom stereocenters. The van der Waals surface area contributed by atoms with Gasteiger partial charge in [0.1, 0.15) is 48.3 Å². The number of carboxylic acid groups (broad SMARTS) is 1. The van der Waals surface area contributed by atoms with Gasteiger partial charge >= 0.3 is 5.97 Å². The Hall–Kier alpha value is -7.03. The van der Waals surface area contributed by atoms with Crippen LogP contribution in [0.1, 0.15) is 78.6 Å². The van der Waals surface area contributed by atoms with Crippen molar-refractivity contribution in [2.45, 2.75) is 127 Å². The van der Waals surface area contributed by atoms with Crippen molar-refractivity contribution in [1.29, 1.82) is 0 Å². The fourth-order valence-corrected chi connectivity index (χ4v) is 8.24. The highest BCUT2D eigenvalue weighted by molar-refractivity contribution is 8.76. The van der Waals surface area contributed by atoms with E-state index in [9.17, 15) is 43.2 Å². The zero-order valence-electron chi connectivity index (χ0n) is 40.7. The summed E-state index contributed by atoms with van der Waals surface area (Å²) in [5, 5.41) is 27.0. The van der Waals surface area contributed by atoms with Crippen molar-refractivity contribution in [3.63, 3.8) is 0 Å². The first kappa shape index (κ1) is 65.0. The number of nitrogens with one attached hydrogen (secondary N) is 7. The molecule has 0 aliphatic rings. The van der Waals surface area contributed by atoms with Crippen molar-refractivity contribution < 1.29 is 48.3 Å². The van der Waals surface area contributed by atoms with Crippen LogP contribution in [0.4, 0.5) is 0 Å². The SMILES string of the molecule is CC[C@@H](NC(=O)[C@@H](CCCN=C(N)N)NC(=O)[C@@H](CCCN=C(N)N)NC(=O)[C@@H](CSSC[C@H](N)C(=O)O)NC(C)=O)C(=O)N[C@H](CCCN=C(N)N)C(=O)N[C@H](C)C(=O)N[C@H](CCCN=C(N)N)C(N)=O. The summed E-state index contributed by atoms with van der Waals surface area (Å²) in [6, 6.07) is -10.1. The number of aliphatic imine (C=N–C) groups is 4. The maximum absolute atomic E-state index is 14.1. The lowest BCUT2D eigenvalue weighted by atomic mass is 10.1. The Bertz CT molecular complexity index is 1930. The lowest BCUT2D eigenvalue weighted by Crippen LogP contribution is -2.59. The first-order valence-corrected chi connectivity index (χ1v) is 25.1. The molecule has 31 nitrogen and oxygen atoms in total. The Balaban J connectivity index is 6.54. The second kappa shape index (κ2) is 36.0. The second-order valence-electron chi connectivity index (χ2n) is 15.9. The molecule has 0 saturated heterocycles. The first-order valence-electron chi connectivity index (χ1n) is 22.6. The Labute approximate surface area is 424 Å². The van der Waals surface area contributed by atoms with E-state index in [0.717, 1.165) is 21.6 Å². The molecular weight excluding hydrogens is 987 g/mol. The summed E-state index contributed by atoms with van der Waals surface area (Å²) >= 11 is 0. The van der Waals surface area contributed by atoms with Gasteiger partial charge in [0, 0.05) is 44.6 Å². The molecule has 0 aliphatic carbocycles. The molecule has 0 fully saturated rings. The largest absolute Gasteiger partial charge is 0.480 e. The number of guanidine groups is 4. The third-order valence-corrected chi connectivity index (χ3v) is 12.2. The van der Waals surface area contributed by atoms with Gasteiger partial charge in [-0.1, -0.05) is 28.5 Å². The molecule has 0 aromatic heterocycles. The highest BCUT2D eigenvalue weighted by atomic mass is 33.1. The fraction of sp³-hybridized carbons (Fsp3) is 0.667. The number of hydrogen-bond acceptors (Lipinski definition) is 16. The summed E-state index contributed by atoms with van der Waals surface area (Å²) in [6.07, 6.45) is 0.570. The van der Waals surface area contributed by atoms with Crippen LogP contribution in [-0.2, 0) is 43.2 Å². The number of carbonyl (C=O) groups is 9. The zero-order chi connectivity index (χ0) is 54.9. The lowest BCUT2D eigenvalue weighted by Gasteiger charge is -2.27. The van der Waals surface area contributed by atoms with Crippen molar-refractivity contribution in [2.75, 3.05) is 37.7 Å². The van der Waals surface area contributed by atoms with Gasteiger partial charge in [0.15, 0.2) is 23.8 Å². The summed E-state index contributed by atoms with van der Waals surface area (Å²) in [4.78, 5) is 133. The number of aliphatic carboxylic acids is 1. The van der Waals surface area contributed by atoms with Crippen molar-refractivity contribution in [3.05, 3.63) is 0 Å². The number of rotatable bonds is 37. The maximum Gasteiger partial charge on any atom is 0.321 e. The standard InChI is InChI=1S/C39H75N21O10S2/c1-4-22(30(64)58-24(10-6-14-51-37(44)45)31(65)54-19(2)29(63)57-23(28(41)62)9-5-13-50-36(42)43)56-32(66)25(11-7-15-52-38(46)47)59-33(67)26(12-8-16-53-39(48)49)60-34(68)27(55-20(3)61)18-72-71-17-21(40)35(69)70/h19,21-27H,4-18,40H2,1-3H3,(H2,41,62)(H,54,65)(H,55,61)(H,56,66)(H,57,63)(H,58,64)(H,59,67)(H,60,68)(H,69,70)(H4,42,43,50)(H4,44,45,51)(H4,46,47,52)(H4,48,49,53)/t19-,21+,22-,23-,24-,25-,26-,27-/m1/s1. The molecule has 8 amide bonds. The molecule has 0 aromatic rings. The van der Waals surface area contributed by atoms with Gasteiger partial charge in [0.25, 0.3) is 0 Å². The van der Waals surface area contributed by atoms with Crippen LogP contribution in [0.25, 0.3) is 0 Å². The minimum absolute atomic E-state index is 0.0137. The van der Waals surface area contributed by atoms with Crippen LogP contribution in [0.3, 0.4) is 0 Å². The van der Waals surface area contributed by atoms with Gasteiger partial charge in [-0.15, -0.1) is 0 Å². The molecule has 33 heteroatoms. The van der Waals surface area contributed by atoms with Crippen LogP contribution < -0.4 is 94.6 Å².